The molecule has 20 heavy (non-hydrogen) atoms. The molecule has 0 bridgehead atoms. The predicted molar refractivity (Wildman–Crippen MR) is 76.4 cm³/mol. The van der Waals surface area contributed by atoms with Gasteiger partial charge in [-0.1, -0.05) is 25.3 Å². The van der Waals surface area contributed by atoms with Crippen LogP contribution >= 0.6 is 0 Å². The number of rotatable bonds is 9. The standard InChI is InChI=1S/C16H26O4/c17-13-16(19-11-12-20-16)10-5-3-1-2-4-7-14-8-6-9-15(14)18/h8,17H,1-7,9-13H2. The van der Waals surface area contributed by atoms with Crippen molar-refractivity contribution in [1.29, 1.82) is 0 Å². The highest BCUT2D eigenvalue weighted by molar-refractivity contribution is 5.97. The average molecular weight is 282 g/mol. The van der Waals surface area contributed by atoms with Crippen LogP contribution in [0.5, 0.6) is 0 Å². The summed E-state index contributed by atoms with van der Waals surface area (Å²) in [7, 11) is 0. The van der Waals surface area contributed by atoms with Crippen LogP contribution in [0.4, 0.5) is 0 Å². The molecule has 2 rings (SSSR count). The summed E-state index contributed by atoms with van der Waals surface area (Å²) in [6.45, 7) is 1.12. The van der Waals surface area contributed by atoms with Crippen LogP contribution in [0.3, 0.4) is 0 Å². The molecule has 2 aliphatic rings. The monoisotopic (exact) mass is 282 g/mol. The molecule has 1 aliphatic carbocycles. The molecule has 0 aromatic carbocycles. The summed E-state index contributed by atoms with van der Waals surface area (Å²) in [6.07, 6.45) is 11.1. The smallest absolute Gasteiger partial charge is 0.191 e. The summed E-state index contributed by atoms with van der Waals surface area (Å²) in [5, 5.41) is 9.32. The van der Waals surface area contributed by atoms with Gasteiger partial charge in [0.15, 0.2) is 11.6 Å². The van der Waals surface area contributed by atoms with E-state index in [4.69, 9.17) is 9.47 Å². The number of allylic oxidation sites excluding steroid dienone is 2. The fourth-order valence-electron chi connectivity index (χ4n) is 2.95. The lowest BCUT2D eigenvalue weighted by atomic mass is 10.0. The van der Waals surface area contributed by atoms with Crippen LogP contribution in [-0.2, 0) is 14.3 Å². The Bertz CT molecular complexity index is 342. The number of carbonyl (C=O) groups excluding carboxylic acids is 1. The number of hydrogen-bond acceptors (Lipinski definition) is 4. The van der Waals surface area contributed by atoms with Crippen molar-refractivity contribution in [3.8, 4) is 0 Å². The minimum absolute atomic E-state index is 0.0523. The Labute approximate surface area is 121 Å². The van der Waals surface area contributed by atoms with Gasteiger partial charge in [0.2, 0.25) is 0 Å². The number of carbonyl (C=O) groups is 1. The first-order chi connectivity index (χ1) is 9.76. The van der Waals surface area contributed by atoms with E-state index in [0.717, 1.165) is 50.5 Å². The lowest BCUT2D eigenvalue weighted by Gasteiger charge is -2.24. The van der Waals surface area contributed by atoms with Crippen LogP contribution in [0.2, 0.25) is 0 Å². The summed E-state index contributed by atoms with van der Waals surface area (Å²) >= 11 is 0. The normalized spacial score (nSPS) is 21.4. The van der Waals surface area contributed by atoms with Crippen molar-refractivity contribution < 1.29 is 19.4 Å². The lowest BCUT2D eigenvalue weighted by Crippen LogP contribution is -2.34. The maximum Gasteiger partial charge on any atom is 0.191 e. The van der Waals surface area contributed by atoms with Crippen molar-refractivity contribution in [1.82, 2.24) is 0 Å². The summed E-state index contributed by atoms with van der Waals surface area (Å²) in [5.74, 6) is -0.369. The third kappa shape index (κ3) is 4.40. The first-order valence-electron chi connectivity index (χ1n) is 7.87. The molecule has 4 nitrogen and oxygen atoms in total. The topological polar surface area (TPSA) is 55.8 Å². The number of ether oxygens (including phenoxy) is 2. The summed E-state index contributed by atoms with van der Waals surface area (Å²) in [5.41, 5.74) is 1.05. The van der Waals surface area contributed by atoms with Gasteiger partial charge in [-0.2, -0.15) is 0 Å². The molecule has 0 atom stereocenters. The molecule has 0 amide bonds. The highest BCUT2D eigenvalue weighted by atomic mass is 16.7. The Morgan fingerprint density at radius 2 is 1.80 bits per heavy atom. The van der Waals surface area contributed by atoms with E-state index >= 15 is 0 Å². The van der Waals surface area contributed by atoms with E-state index in [1.54, 1.807) is 0 Å². The van der Waals surface area contributed by atoms with Crippen LogP contribution in [0, 0.1) is 0 Å². The van der Waals surface area contributed by atoms with Gasteiger partial charge in [0.25, 0.3) is 0 Å². The number of hydrogen-bond donors (Lipinski definition) is 1. The number of Topliss-reactive ketones (excluding diaryl/α,β-unsaturated/α-hetero) is 1. The van der Waals surface area contributed by atoms with Crippen LogP contribution < -0.4 is 0 Å². The number of aliphatic hydroxyl groups is 1. The lowest BCUT2D eigenvalue weighted by molar-refractivity contribution is -0.187. The van der Waals surface area contributed by atoms with E-state index in [0.29, 0.717) is 19.0 Å². The molecule has 0 spiro atoms. The van der Waals surface area contributed by atoms with Gasteiger partial charge in [-0.15, -0.1) is 0 Å². The second-order valence-corrected chi connectivity index (χ2v) is 5.72. The van der Waals surface area contributed by atoms with Gasteiger partial charge < -0.3 is 14.6 Å². The fraction of sp³-hybridized carbons (Fsp3) is 0.812. The van der Waals surface area contributed by atoms with Gasteiger partial charge in [-0.3, -0.25) is 4.79 Å². The van der Waals surface area contributed by atoms with Gasteiger partial charge >= 0.3 is 0 Å². The van der Waals surface area contributed by atoms with Crippen LogP contribution in [0.1, 0.15) is 57.8 Å². The van der Waals surface area contributed by atoms with Crippen molar-refractivity contribution >= 4 is 5.78 Å². The fourth-order valence-corrected chi connectivity index (χ4v) is 2.95. The summed E-state index contributed by atoms with van der Waals surface area (Å²) < 4.78 is 11.0. The third-order valence-electron chi connectivity index (χ3n) is 4.18. The van der Waals surface area contributed by atoms with E-state index in [-0.39, 0.29) is 6.61 Å². The van der Waals surface area contributed by atoms with E-state index < -0.39 is 5.79 Å². The van der Waals surface area contributed by atoms with Crippen molar-refractivity contribution in [2.24, 2.45) is 0 Å². The highest BCUT2D eigenvalue weighted by Crippen LogP contribution is 2.26. The Morgan fingerprint density at radius 3 is 2.45 bits per heavy atom. The molecule has 1 N–H and O–H groups in total. The van der Waals surface area contributed by atoms with Crippen LogP contribution in [0.25, 0.3) is 0 Å². The Hall–Kier alpha value is -0.710. The molecule has 1 aliphatic heterocycles. The van der Waals surface area contributed by atoms with Crippen LogP contribution in [0.15, 0.2) is 11.6 Å². The quantitative estimate of drug-likeness (QED) is 0.661. The number of aliphatic hydroxyl groups excluding tert-OH is 1. The number of unbranched alkanes of at least 4 members (excludes halogenated alkanes) is 4. The molecular formula is C16H26O4. The molecule has 1 saturated heterocycles. The molecule has 0 unspecified atom stereocenters. The molecule has 0 aromatic heterocycles. The molecule has 0 saturated carbocycles. The average Bonchev–Trinajstić information content (AvgIpc) is 3.08. The second kappa shape index (κ2) is 7.91. The molecule has 0 aromatic rings. The SMILES string of the molecule is O=C1CCC=C1CCCCCCCC1(CO)OCCO1. The maximum atomic E-state index is 11.4. The third-order valence-corrected chi connectivity index (χ3v) is 4.18. The van der Waals surface area contributed by atoms with E-state index in [2.05, 4.69) is 6.08 Å². The largest absolute Gasteiger partial charge is 0.391 e. The zero-order valence-corrected chi connectivity index (χ0v) is 12.2. The summed E-state index contributed by atoms with van der Waals surface area (Å²) in [4.78, 5) is 11.4. The molecule has 0 radical (unpaired) electrons. The summed E-state index contributed by atoms with van der Waals surface area (Å²) in [6, 6.07) is 0. The number of ketones is 1. The highest BCUT2D eigenvalue weighted by Gasteiger charge is 2.34. The second-order valence-electron chi connectivity index (χ2n) is 5.72. The van der Waals surface area contributed by atoms with E-state index in [9.17, 15) is 9.90 Å². The van der Waals surface area contributed by atoms with E-state index in [1.807, 2.05) is 0 Å². The van der Waals surface area contributed by atoms with Crippen molar-refractivity contribution in [2.45, 2.75) is 63.6 Å². The van der Waals surface area contributed by atoms with Crippen molar-refractivity contribution in [2.75, 3.05) is 19.8 Å². The predicted octanol–water partition coefficient (Wildman–Crippen LogP) is 2.74. The van der Waals surface area contributed by atoms with Gasteiger partial charge in [-0.05, 0) is 31.3 Å². The first kappa shape index (κ1) is 15.7. The molecular weight excluding hydrogens is 256 g/mol. The maximum absolute atomic E-state index is 11.4. The van der Waals surface area contributed by atoms with Gasteiger partial charge in [0, 0.05) is 12.8 Å². The Kier molecular flexibility index (Phi) is 6.20. The van der Waals surface area contributed by atoms with Gasteiger partial charge in [0.05, 0.1) is 19.8 Å². The Balaban J connectivity index is 1.48. The van der Waals surface area contributed by atoms with Gasteiger partial charge in [-0.25, -0.2) is 0 Å². The molecule has 1 heterocycles. The molecule has 4 heteroatoms. The molecule has 114 valence electrons. The van der Waals surface area contributed by atoms with Crippen molar-refractivity contribution in [3.63, 3.8) is 0 Å². The molecule has 1 fully saturated rings. The Morgan fingerprint density at radius 1 is 1.10 bits per heavy atom. The minimum atomic E-state index is -0.721. The van der Waals surface area contributed by atoms with E-state index in [1.165, 1.54) is 12.8 Å². The van der Waals surface area contributed by atoms with Crippen LogP contribution in [-0.4, -0.2) is 36.5 Å². The first-order valence-corrected chi connectivity index (χ1v) is 7.87. The van der Waals surface area contributed by atoms with Crippen molar-refractivity contribution in [3.05, 3.63) is 11.6 Å². The minimum Gasteiger partial charge on any atom is -0.391 e. The zero-order valence-electron chi connectivity index (χ0n) is 12.2. The van der Waals surface area contributed by atoms with Gasteiger partial charge in [0.1, 0.15) is 0 Å². The zero-order chi connectivity index (χ0) is 14.3.